The zero-order chi connectivity index (χ0) is 35.0. The molecule has 0 fully saturated rings. The van der Waals surface area contributed by atoms with Crippen LogP contribution in [0.4, 0.5) is 0 Å². The van der Waals surface area contributed by atoms with E-state index in [1.807, 2.05) is 36.5 Å². The normalized spacial score (nSPS) is 11.9. The summed E-state index contributed by atoms with van der Waals surface area (Å²) in [6.45, 7) is 6.66. The second-order valence-corrected chi connectivity index (χ2v) is 14.2. The second-order valence-electron chi connectivity index (χ2n) is 14.2. The average Bonchev–Trinajstić information content (AvgIpc) is 3.81. The molecule has 0 radical (unpaired) electrons. The largest absolute Gasteiger partial charge is 2.00 e. The van der Waals surface area contributed by atoms with E-state index in [-0.39, 0.29) is 26.5 Å². The predicted molar refractivity (Wildman–Crippen MR) is 210 cm³/mol. The third-order valence-corrected chi connectivity index (χ3v) is 9.92. The summed E-state index contributed by atoms with van der Waals surface area (Å²) in [7, 11) is 0. The van der Waals surface area contributed by atoms with Crippen LogP contribution in [0.1, 0.15) is 26.3 Å². The summed E-state index contributed by atoms with van der Waals surface area (Å²) in [6.07, 6.45) is 1.89. The molecule has 258 valence electrons. The fourth-order valence-electron chi connectivity index (χ4n) is 7.45. The van der Waals surface area contributed by atoms with E-state index >= 15 is 0 Å². The smallest absolute Gasteiger partial charge is 0.509 e. The molecule has 7 heteroatoms. The Hall–Kier alpha value is -5.97. The maximum absolute atomic E-state index is 6.58. The Balaban J connectivity index is 0.00000372. The van der Waals surface area contributed by atoms with Gasteiger partial charge in [0.1, 0.15) is 5.82 Å². The van der Waals surface area contributed by atoms with Crippen molar-refractivity contribution in [3.05, 3.63) is 163 Å². The van der Waals surface area contributed by atoms with Gasteiger partial charge in [-0.2, -0.15) is 12.1 Å². The van der Waals surface area contributed by atoms with E-state index in [1.165, 1.54) is 5.56 Å². The molecule has 0 bridgehead atoms. The van der Waals surface area contributed by atoms with E-state index in [9.17, 15) is 0 Å². The molecule has 0 saturated heterocycles. The van der Waals surface area contributed by atoms with Gasteiger partial charge in [-0.25, -0.2) is 9.97 Å². The Morgan fingerprint density at radius 2 is 1.36 bits per heavy atom. The number of hydrogen-bond acceptors (Lipinski definition) is 3. The molecule has 6 nitrogen and oxygen atoms in total. The van der Waals surface area contributed by atoms with Crippen LogP contribution >= 0.6 is 0 Å². The summed E-state index contributed by atoms with van der Waals surface area (Å²) in [5, 5.41) is 2.23. The van der Waals surface area contributed by atoms with Crippen molar-refractivity contribution in [2.24, 2.45) is 0 Å². The molecule has 6 aromatic carbocycles. The number of ether oxygens (including phenoxy) is 1. The molecule has 10 rings (SSSR count). The van der Waals surface area contributed by atoms with Crippen molar-refractivity contribution in [2.75, 3.05) is 0 Å². The van der Waals surface area contributed by atoms with Crippen LogP contribution in [-0.2, 0) is 26.5 Å². The van der Waals surface area contributed by atoms with E-state index in [2.05, 4.69) is 156 Å². The summed E-state index contributed by atoms with van der Waals surface area (Å²) < 4.78 is 13.2. The summed E-state index contributed by atoms with van der Waals surface area (Å²) in [5.74, 6) is 2.85. The summed E-state index contributed by atoms with van der Waals surface area (Å²) in [6, 6.07) is 55.2. The Kier molecular flexibility index (Phi) is 7.83. The van der Waals surface area contributed by atoms with Crippen LogP contribution in [0.5, 0.6) is 11.5 Å². The first-order valence-corrected chi connectivity index (χ1v) is 17.5. The minimum absolute atomic E-state index is 0. The molecule has 0 saturated carbocycles. The minimum atomic E-state index is -0.0157. The van der Waals surface area contributed by atoms with Crippen molar-refractivity contribution in [3.8, 4) is 34.1 Å². The van der Waals surface area contributed by atoms with Crippen molar-refractivity contribution in [1.29, 1.82) is 0 Å². The summed E-state index contributed by atoms with van der Waals surface area (Å²) >= 11 is 0. The average molecular weight is 867 g/mol. The number of aromatic nitrogens is 5. The summed E-state index contributed by atoms with van der Waals surface area (Å²) in [4.78, 5) is 9.97. The Bertz CT molecular complexity index is 2980. The van der Waals surface area contributed by atoms with Gasteiger partial charge < -0.3 is 13.9 Å². The van der Waals surface area contributed by atoms with Gasteiger partial charge in [-0.15, -0.1) is 35.7 Å². The standard InChI is InChI=1S/C46H33N5O.Pt/c1-46(2,3)31-25-26-47-43(27-31)50-39-20-9-7-17-36(39)37-24-23-34(29-42(37)50)52-33-16-11-15-32(28-33)49-41-22-12-18-35(30-13-5-4-6-14-30)44(41)51-40-21-10-8-19-38(40)48-45(49)51;/h4-27H,1-3H3;/q-2;+2. The van der Waals surface area contributed by atoms with Crippen molar-refractivity contribution in [3.63, 3.8) is 0 Å². The van der Waals surface area contributed by atoms with Crippen LogP contribution in [0.3, 0.4) is 0 Å². The maximum Gasteiger partial charge on any atom is 2.00 e. The van der Waals surface area contributed by atoms with Crippen LogP contribution in [0.15, 0.2) is 146 Å². The van der Waals surface area contributed by atoms with E-state index in [4.69, 9.17) is 14.7 Å². The van der Waals surface area contributed by atoms with Gasteiger partial charge in [-0.3, -0.25) is 4.40 Å². The Labute approximate surface area is 321 Å². The number of fused-ring (bicyclic) bond motifs is 8. The van der Waals surface area contributed by atoms with E-state index in [0.29, 0.717) is 11.5 Å². The number of para-hydroxylation sites is 4. The molecule has 0 aliphatic heterocycles. The van der Waals surface area contributed by atoms with Crippen LogP contribution in [-0.4, -0.2) is 23.5 Å². The quantitative estimate of drug-likeness (QED) is 0.162. The van der Waals surface area contributed by atoms with Crippen molar-refractivity contribution in [2.45, 2.75) is 26.2 Å². The molecule has 0 amide bonds. The van der Waals surface area contributed by atoms with Crippen molar-refractivity contribution < 1.29 is 25.8 Å². The number of imidazole rings is 2. The molecule has 4 heterocycles. The summed E-state index contributed by atoms with van der Waals surface area (Å²) in [5.41, 5.74) is 10.4. The Morgan fingerprint density at radius 1 is 0.623 bits per heavy atom. The number of nitrogens with zero attached hydrogens (tertiary/aromatic N) is 5. The third kappa shape index (κ3) is 5.36. The van der Waals surface area contributed by atoms with Gasteiger partial charge in [0.2, 0.25) is 5.78 Å². The molecule has 0 aliphatic rings. The van der Waals surface area contributed by atoms with Gasteiger partial charge in [0, 0.05) is 28.8 Å². The van der Waals surface area contributed by atoms with Crippen molar-refractivity contribution >= 4 is 49.7 Å². The van der Waals surface area contributed by atoms with Gasteiger partial charge in [0.25, 0.3) is 0 Å². The molecule has 0 aliphatic carbocycles. The molecule has 4 aromatic heterocycles. The first-order valence-electron chi connectivity index (χ1n) is 17.5. The molecular formula is C46H33N5OPt. The van der Waals surface area contributed by atoms with Crippen molar-refractivity contribution in [1.82, 2.24) is 23.5 Å². The van der Waals surface area contributed by atoms with Gasteiger partial charge in [0.05, 0.1) is 22.1 Å². The van der Waals surface area contributed by atoms with Crippen LogP contribution in [0.2, 0.25) is 0 Å². The number of rotatable bonds is 5. The molecule has 0 spiro atoms. The molecule has 10 aromatic rings. The minimum Gasteiger partial charge on any atom is -0.509 e. The van der Waals surface area contributed by atoms with Crippen LogP contribution in [0.25, 0.3) is 72.3 Å². The first kappa shape index (κ1) is 32.9. The maximum atomic E-state index is 6.58. The van der Waals surface area contributed by atoms with E-state index in [0.717, 1.165) is 72.3 Å². The molecule has 0 atom stereocenters. The van der Waals surface area contributed by atoms with Gasteiger partial charge in [-0.05, 0) is 58.3 Å². The zero-order valence-electron chi connectivity index (χ0n) is 29.3. The Morgan fingerprint density at radius 3 is 2.21 bits per heavy atom. The van der Waals surface area contributed by atoms with Crippen LogP contribution < -0.4 is 4.74 Å². The third-order valence-electron chi connectivity index (χ3n) is 9.92. The SMILES string of the molecule is CC(C)(C)c1ccnc(-n2c3[c-]c(Oc4[c-]c(-n5c6cccc(-c7ccccc7)c6n6c7ccccc7nc56)ccc4)ccc3c3ccccc32)c1.[Pt+2]. The van der Waals surface area contributed by atoms with Gasteiger partial charge >= 0.3 is 21.1 Å². The monoisotopic (exact) mass is 866 g/mol. The zero-order valence-corrected chi connectivity index (χ0v) is 31.6. The topological polar surface area (TPSA) is 49.3 Å². The predicted octanol–water partition coefficient (Wildman–Crippen LogP) is 11.3. The van der Waals surface area contributed by atoms with Gasteiger partial charge in [-0.1, -0.05) is 105 Å². The molecule has 53 heavy (non-hydrogen) atoms. The molecule has 0 N–H and O–H groups in total. The van der Waals surface area contributed by atoms with Gasteiger partial charge in [0.15, 0.2) is 0 Å². The number of pyridine rings is 1. The number of benzene rings is 6. The second kappa shape index (κ2) is 12.6. The fourth-order valence-corrected chi connectivity index (χ4v) is 7.45. The first-order chi connectivity index (χ1) is 25.4. The van der Waals surface area contributed by atoms with Crippen LogP contribution in [0, 0.1) is 12.1 Å². The number of hydrogen-bond donors (Lipinski definition) is 0. The fraction of sp³-hybridized carbons (Fsp3) is 0.0870. The van der Waals surface area contributed by atoms with E-state index in [1.54, 1.807) is 0 Å². The molecular weight excluding hydrogens is 834 g/mol. The molecule has 0 unspecified atom stereocenters. The van der Waals surface area contributed by atoms with E-state index < -0.39 is 0 Å².